The Kier molecular flexibility index (Phi) is 4.18. The molecule has 26 heavy (non-hydrogen) atoms. The normalized spacial score (nSPS) is 29.5. The van der Waals surface area contributed by atoms with Gasteiger partial charge in [-0.1, -0.05) is 20.8 Å². The van der Waals surface area contributed by atoms with Crippen molar-refractivity contribution in [2.45, 2.75) is 51.0 Å². The molecular weight excluding hydrogens is 356 g/mol. The van der Waals surface area contributed by atoms with E-state index >= 15 is 0 Å². The molecule has 3 rings (SSSR count). The third-order valence-electron chi connectivity index (χ3n) is 6.92. The number of nitrogens with zero attached hydrogens (tertiary/aromatic N) is 1. The van der Waals surface area contributed by atoms with E-state index < -0.39 is 26.4 Å². The molecule has 1 N–H and O–H groups in total. The van der Waals surface area contributed by atoms with Gasteiger partial charge < -0.3 is 5.32 Å². The zero-order valence-electron chi connectivity index (χ0n) is 15.4. The molecule has 0 radical (unpaired) electrons. The third-order valence-corrected chi connectivity index (χ3v) is 8.06. The van der Waals surface area contributed by atoms with Crippen LogP contribution in [0, 0.1) is 26.9 Å². The predicted molar refractivity (Wildman–Crippen MR) is 96.7 cm³/mol. The molecule has 0 heterocycles. The van der Waals surface area contributed by atoms with Gasteiger partial charge in [0.25, 0.3) is 11.6 Å². The van der Waals surface area contributed by atoms with Crippen LogP contribution in [-0.4, -0.2) is 31.5 Å². The van der Waals surface area contributed by atoms with Gasteiger partial charge in [0, 0.05) is 23.9 Å². The summed E-state index contributed by atoms with van der Waals surface area (Å²) >= 11 is 0. The summed E-state index contributed by atoms with van der Waals surface area (Å²) in [4.78, 5) is 22.8. The van der Waals surface area contributed by atoms with Gasteiger partial charge in [0.2, 0.25) is 0 Å². The van der Waals surface area contributed by atoms with Crippen molar-refractivity contribution in [1.29, 1.82) is 0 Å². The van der Waals surface area contributed by atoms with Gasteiger partial charge in [-0.3, -0.25) is 14.9 Å². The number of hydrogen-bond acceptors (Lipinski definition) is 5. The zero-order valence-corrected chi connectivity index (χ0v) is 16.2. The molecule has 2 fully saturated rings. The predicted octanol–water partition coefficient (Wildman–Crippen LogP) is 2.94. The molecule has 1 amide bonds. The number of carbonyl (C=O) groups is 1. The summed E-state index contributed by atoms with van der Waals surface area (Å²) in [5.41, 5.74) is -0.337. The Hall–Kier alpha value is -1.96. The van der Waals surface area contributed by atoms with Crippen molar-refractivity contribution in [2.24, 2.45) is 16.7 Å². The zero-order chi connectivity index (χ0) is 19.5. The van der Waals surface area contributed by atoms with Crippen LogP contribution >= 0.6 is 0 Å². The number of nitrogens with one attached hydrogen (secondary N) is 1. The average Bonchev–Trinajstić information content (AvgIpc) is 2.86. The maximum Gasteiger partial charge on any atom is 0.288 e. The summed E-state index contributed by atoms with van der Waals surface area (Å²) in [5.74, 6) is 0.155. The molecule has 2 aliphatic carbocycles. The first-order valence-electron chi connectivity index (χ1n) is 8.67. The average molecular weight is 380 g/mol. The summed E-state index contributed by atoms with van der Waals surface area (Å²) in [6.45, 7) is 6.67. The minimum atomic E-state index is -3.75. The van der Waals surface area contributed by atoms with E-state index in [1.807, 2.05) is 0 Å². The molecule has 1 aromatic carbocycles. The van der Waals surface area contributed by atoms with Crippen LogP contribution in [0.2, 0.25) is 0 Å². The second kappa shape index (κ2) is 5.77. The first kappa shape index (κ1) is 18.8. The van der Waals surface area contributed by atoms with Crippen LogP contribution in [0.5, 0.6) is 0 Å². The molecule has 2 bridgehead atoms. The van der Waals surface area contributed by atoms with Gasteiger partial charge in [-0.05, 0) is 48.1 Å². The second-order valence-corrected chi connectivity index (χ2v) is 10.3. The van der Waals surface area contributed by atoms with E-state index in [4.69, 9.17) is 0 Å². The summed E-state index contributed by atoms with van der Waals surface area (Å²) in [6.07, 6.45) is 4.01. The van der Waals surface area contributed by atoms with Gasteiger partial charge >= 0.3 is 0 Å². The molecule has 0 aliphatic heterocycles. The van der Waals surface area contributed by atoms with Crippen molar-refractivity contribution >= 4 is 21.4 Å². The van der Waals surface area contributed by atoms with Crippen LogP contribution in [0.3, 0.4) is 0 Å². The van der Waals surface area contributed by atoms with Crippen molar-refractivity contribution in [1.82, 2.24) is 5.32 Å². The number of sulfone groups is 1. The molecule has 2 aliphatic rings. The van der Waals surface area contributed by atoms with Gasteiger partial charge in [-0.15, -0.1) is 0 Å². The van der Waals surface area contributed by atoms with Gasteiger partial charge in [0.1, 0.15) is 4.90 Å². The standard InChI is InChI=1S/C18H24N2O5S/c1-17(2)12-7-8-18(17,3)15(10-12)19-16(21)11-5-6-14(26(4,24)25)13(9-11)20(22)23/h5-6,9,12,15H,7-8,10H2,1-4H3,(H,19,21). The number of amides is 1. The lowest BCUT2D eigenvalue weighted by Gasteiger charge is -2.39. The van der Waals surface area contributed by atoms with Crippen molar-refractivity contribution in [3.05, 3.63) is 33.9 Å². The number of fused-ring (bicyclic) bond motifs is 2. The fourth-order valence-corrected chi connectivity index (χ4v) is 5.61. The fourth-order valence-electron chi connectivity index (χ4n) is 4.78. The summed E-state index contributed by atoms with van der Waals surface area (Å²) in [7, 11) is -3.75. The van der Waals surface area contributed by atoms with Crippen LogP contribution in [0.15, 0.2) is 23.1 Å². The number of nitro groups is 1. The molecule has 7 nitrogen and oxygen atoms in total. The number of carbonyl (C=O) groups excluding carboxylic acids is 1. The number of rotatable bonds is 4. The number of benzene rings is 1. The number of nitro benzene ring substituents is 1. The van der Waals surface area contributed by atoms with E-state index in [-0.39, 0.29) is 27.3 Å². The van der Waals surface area contributed by atoms with Crippen LogP contribution in [0.25, 0.3) is 0 Å². The summed E-state index contributed by atoms with van der Waals surface area (Å²) in [5, 5.41) is 14.3. The van der Waals surface area contributed by atoms with Crippen LogP contribution < -0.4 is 5.32 Å². The van der Waals surface area contributed by atoms with E-state index in [0.29, 0.717) is 5.92 Å². The van der Waals surface area contributed by atoms with E-state index in [1.165, 1.54) is 6.07 Å². The topological polar surface area (TPSA) is 106 Å². The van der Waals surface area contributed by atoms with E-state index in [1.54, 1.807) is 0 Å². The highest BCUT2D eigenvalue weighted by molar-refractivity contribution is 7.90. The molecule has 1 aromatic rings. The van der Waals surface area contributed by atoms with Crippen molar-refractivity contribution in [3.8, 4) is 0 Å². The SMILES string of the molecule is CC1(C)C2CCC1(C)C(NC(=O)c1ccc(S(C)(=O)=O)c([N+](=O)[O-])c1)C2. The molecule has 2 saturated carbocycles. The molecule has 142 valence electrons. The molecule has 0 spiro atoms. The lowest BCUT2D eigenvalue weighted by molar-refractivity contribution is -0.387. The third kappa shape index (κ3) is 2.71. The van der Waals surface area contributed by atoms with Crippen molar-refractivity contribution in [3.63, 3.8) is 0 Å². The minimum absolute atomic E-state index is 0.00798. The Balaban J connectivity index is 1.88. The first-order valence-corrected chi connectivity index (χ1v) is 10.6. The molecular formula is C18H24N2O5S. The van der Waals surface area contributed by atoms with Crippen LogP contribution in [0.1, 0.15) is 50.4 Å². The minimum Gasteiger partial charge on any atom is -0.349 e. The Morgan fingerprint density at radius 3 is 2.42 bits per heavy atom. The van der Waals surface area contributed by atoms with Gasteiger partial charge in [-0.2, -0.15) is 0 Å². The lowest BCUT2D eigenvalue weighted by atomic mass is 9.69. The molecule has 3 atom stereocenters. The van der Waals surface area contributed by atoms with Gasteiger partial charge in [-0.25, -0.2) is 8.42 Å². The van der Waals surface area contributed by atoms with Gasteiger partial charge in [0.05, 0.1) is 4.92 Å². The maximum absolute atomic E-state index is 12.7. The highest BCUT2D eigenvalue weighted by Gasteiger charge is 2.61. The highest BCUT2D eigenvalue weighted by Crippen LogP contribution is 2.65. The Morgan fingerprint density at radius 1 is 1.31 bits per heavy atom. The highest BCUT2D eigenvalue weighted by atomic mass is 32.2. The summed E-state index contributed by atoms with van der Waals surface area (Å²) < 4.78 is 23.4. The smallest absolute Gasteiger partial charge is 0.288 e. The van der Waals surface area contributed by atoms with E-state index in [2.05, 4.69) is 26.1 Å². The fraction of sp³-hybridized carbons (Fsp3) is 0.611. The molecule has 3 unspecified atom stereocenters. The number of hydrogen-bond donors (Lipinski definition) is 1. The monoisotopic (exact) mass is 380 g/mol. The molecule has 0 aromatic heterocycles. The van der Waals surface area contributed by atoms with Crippen LogP contribution in [-0.2, 0) is 9.84 Å². The maximum atomic E-state index is 12.7. The Morgan fingerprint density at radius 2 is 1.96 bits per heavy atom. The first-order chi connectivity index (χ1) is 11.9. The van der Waals surface area contributed by atoms with Crippen molar-refractivity contribution in [2.75, 3.05) is 6.26 Å². The Labute approximate surface area is 153 Å². The lowest BCUT2D eigenvalue weighted by Crippen LogP contribution is -2.46. The van der Waals surface area contributed by atoms with Crippen molar-refractivity contribution < 1.29 is 18.1 Å². The van der Waals surface area contributed by atoms with E-state index in [0.717, 1.165) is 37.7 Å². The summed E-state index contributed by atoms with van der Waals surface area (Å²) in [6, 6.07) is 3.53. The van der Waals surface area contributed by atoms with Gasteiger partial charge in [0.15, 0.2) is 9.84 Å². The largest absolute Gasteiger partial charge is 0.349 e. The Bertz CT molecular complexity index is 893. The second-order valence-electron chi connectivity index (χ2n) is 8.35. The van der Waals surface area contributed by atoms with Crippen LogP contribution in [0.4, 0.5) is 5.69 Å². The van der Waals surface area contributed by atoms with E-state index in [9.17, 15) is 23.3 Å². The molecule has 8 heteroatoms. The quantitative estimate of drug-likeness (QED) is 0.638. The molecule has 0 saturated heterocycles.